The summed E-state index contributed by atoms with van der Waals surface area (Å²) in [6.45, 7) is 4.16. The standard InChI is InChI=1S/C15H15F2INO2.Y/c1-3-19-13(6-5-12(18)15(19)20)14-10(16)7-9(21-4-2)8-11(14)17;/h7-8,12H,3-5H2,1-2H3;/q-1;. The van der Waals surface area contributed by atoms with Gasteiger partial charge < -0.3 is 9.64 Å². The number of benzene rings is 1. The number of carbonyl (C=O) groups excluding carboxylic acids is 1. The molecule has 1 heterocycles. The van der Waals surface area contributed by atoms with Gasteiger partial charge in [0.05, 0.1) is 22.2 Å². The zero-order chi connectivity index (χ0) is 15.6. The Morgan fingerprint density at radius 1 is 1.36 bits per heavy atom. The smallest absolute Gasteiger partial charge is 0.235 e. The van der Waals surface area contributed by atoms with Crippen molar-refractivity contribution < 1.29 is 51.0 Å². The minimum Gasteiger partial charge on any atom is -0.494 e. The minimum atomic E-state index is -0.751. The Morgan fingerprint density at radius 3 is 2.45 bits per heavy atom. The van der Waals surface area contributed by atoms with Crippen molar-refractivity contribution in [3.8, 4) is 5.75 Å². The van der Waals surface area contributed by atoms with Gasteiger partial charge >= 0.3 is 0 Å². The number of rotatable bonds is 4. The number of allylic oxidation sites excluding steroid dienone is 1. The second-order valence-corrected chi connectivity index (χ2v) is 5.98. The van der Waals surface area contributed by atoms with Crippen LogP contribution in [0.5, 0.6) is 5.75 Å². The molecule has 1 aliphatic rings. The molecule has 0 aliphatic carbocycles. The molecule has 1 amide bonds. The van der Waals surface area contributed by atoms with Crippen molar-refractivity contribution >= 4 is 34.2 Å². The van der Waals surface area contributed by atoms with Crippen LogP contribution in [0.25, 0.3) is 5.70 Å². The summed E-state index contributed by atoms with van der Waals surface area (Å²) in [6, 6.07) is 2.26. The molecule has 1 aromatic carbocycles. The van der Waals surface area contributed by atoms with Gasteiger partial charge in [0.2, 0.25) is 5.91 Å². The second-order valence-electron chi connectivity index (χ2n) is 4.47. The number of alkyl halides is 1. The van der Waals surface area contributed by atoms with Gasteiger partial charge in [-0.15, -0.1) is 5.70 Å². The zero-order valence-corrected chi connectivity index (χ0v) is 17.3. The summed E-state index contributed by atoms with van der Waals surface area (Å²) in [5.74, 6) is -1.52. The molecule has 0 aromatic heterocycles. The summed E-state index contributed by atoms with van der Waals surface area (Å²) in [6.07, 6.45) is 3.29. The molecule has 0 N–H and O–H groups in total. The molecule has 1 aliphatic heterocycles. The van der Waals surface area contributed by atoms with E-state index in [-0.39, 0.29) is 59.6 Å². The first kappa shape index (κ1) is 20.0. The molecule has 1 radical (unpaired) electrons. The predicted octanol–water partition coefficient (Wildman–Crippen LogP) is 3.56. The van der Waals surface area contributed by atoms with Crippen LogP contribution in [0, 0.1) is 17.7 Å². The van der Waals surface area contributed by atoms with Gasteiger partial charge in [-0.25, -0.2) is 14.9 Å². The maximum absolute atomic E-state index is 14.2. The molecule has 0 saturated heterocycles. The number of hydrogen-bond acceptors (Lipinski definition) is 2. The van der Waals surface area contributed by atoms with Crippen LogP contribution in [0.2, 0.25) is 0 Å². The largest absolute Gasteiger partial charge is 0.494 e. The number of nitrogens with zero attached hydrogens (tertiary/aromatic N) is 1. The molecule has 0 saturated carbocycles. The number of amides is 1. The molecule has 1 unspecified atom stereocenters. The van der Waals surface area contributed by atoms with Crippen LogP contribution in [0.1, 0.15) is 25.8 Å². The van der Waals surface area contributed by atoms with Crippen molar-refractivity contribution in [2.45, 2.75) is 24.2 Å². The first-order valence-electron chi connectivity index (χ1n) is 6.68. The van der Waals surface area contributed by atoms with Crippen molar-refractivity contribution in [3.63, 3.8) is 0 Å². The fraction of sp³-hybridized carbons (Fsp3) is 0.400. The van der Waals surface area contributed by atoms with Crippen molar-refractivity contribution in [3.05, 3.63) is 35.4 Å². The third kappa shape index (κ3) is 4.06. The van der Waals surface area contributed by atoms with E-state index in [1.807, 2.05) is 22.6 Å². The van der Waals surface area contributed by atoms with E-state index in [0.717, 1.165) is 12.1 Å². The topological polar surface area (TPSA) is 29.5 Å². The van der Waals surface area contributed by atoms with Crippen molar-refractivity contribution in [2.75, 3.05) is 13.2 Å². The van der Waals surface area contributed by atoms with E-state index >= 15 is 0 Å². The summed E-state index contributed by atoms with van der Waals surface area (Å²) in [5.41, 5.74) is -0.0505. The van der Waals surface area contributed by atoms with E-state index in [2.05, 4.69) is 6.08 Å². The molecule has 0 fully saturated rings. The molecule has 7 heteroatoms. The summed E-state index contributed by atoms with van der Waals surface area (Å²) in [4.78, 5) is 13.5. The Kier molecular flexibility index (Phi) is 7.88. The quantitative estimate of drug-likeness (QED) is 0.364. The van der Waals surface area contributed by atoms with Crippen molar-refractivity contribution in [1.29, 1.82) is 0 Å². The van der Waals surface area contributed by atoms with Crippen LogP contribution in [0.4, 0.5) is 8.78 Å². The third-order valence-electron chi connectivity index (χ3n) is 3.13. The maximum Gasteiger partial charge on any atom is 0.235 e. The molecular weight excluding hydrogens is 480 g/mol. The van der Waals surface area contributed by atoms with Crippen LogP contribution < -0.4 is 4.74 Å². The molecule has 22 heavy (non-hydrogen) atoms. The first-order valence-corrected chi connectivity index (χ1v) is 7.92. The van der Waals surface area contributed by atoms with E-state index in [0.29, 0.717) is 19.6 Å². The van der Waals surface area contributed by atoms with Gasteiger partial charge in [0.25, 0.3) is 0 Å². The fourth-order valence-electron chi connectivity index (χ4n) is 2.21. The molecule has 117 valence electrons. The van der Waals surface area contributed by atoms with Gasteiger partial charge in [0, 0.05) is 39.3 Å². The number of carbonyl (C=O) groups is 1. The van der Waals surface area contributed by atoms with Crippen LogP contribution in [0.3, 0.4) is 0 Å². The number of ether oxygens (including phenoxy) is 1. The summed E-state index contributed by atoms with van der Waals surface area (Å²) in [5, 5.41) is 0. The van der Waals surface area contributed by atoms with Crippen LogP contribution in [-0.2, 0) is 37.5 Å². The summed E-state index contributed by atoms with van der Waals surface area (Å²) in [7, 11) is 0. The van der Waals surface area contributed by atoms with Gasteiger partial charge in [0.15, 0.2) is 0 Å². The first-order chi connectivity index (χ1) is 9.99. The monoisotopic (exact) mass is 495 g/mol. The van der Waals surface area contributed by atoms with Gasteiger partial charge in [-0.2, -0.15) is 0 Å². The van der Waals surface area contributed by atoms with Gasteiger partial charge in [-0.05, 0) is 26.0 Å². The molecule has 1 atom stereocenters. The Labute approximate surface area is 167 Å². The fourth-order valence-corrected chi connectivity index (χ4v) is 2.77. The molecular formula is C15H15F2INO2Y-. The Bertz CT molecular complexity index is 572. The minimum absolute atomic E-state index is 0. The molecule has 2 rings (SSSR count). The van der Waals surface area contributed by atoms with Crippen molar-refractivity contribution in [2.24, 2.45) is 0 Å². The average molecular weight is 495 g/mol. The van der Waals surface area contributed by atoms with E-state index in [1.165, 1.54) is 4.90 Å². The molecule has 3 nitrogen and oxygen atoms in total. The molecule has 0 bridgehead atoms. The van der Waals surface area contributed by atoms with Gasteiger partial charge in [-0.1, -0.05) is 34.6 Å². The SMILES string of the molecule is CCOc1cc(F)c(C2=[C-]CC(I)C(=O)N2CC)c(F)c1.[Y]. The van der Waals surface area contributed by atoms with E-state index < -0.39 is 11.6 Å². The van der Waals surface area contributed by atoms with E-state index in [9.17, 15) is 13.6 Å². The number of halogens is 3. The second kappa shape index (κ2) is 8.69. The maximum atomic E-state index is 14.2. The van der Waals surface area contributed by atoms with Crippen LogP contribution in [-0.4, -0.2) is 27.9 Å². The van der Waals surface area contributed by atoms with Gasteiger partial charge in [-0.3, -0.25) is 4.79 Å². The molecule has 0 spiro atoms. The summed E-state index contributed by atoms with van der Waals surface area (Å²) >= 11 is 2.01. The normalized spacial score (nSPS) is 17.9. The Hall–Kier alpha value is -0.0761. The zero-order valence-electron chi connectivity index (χ0n) is 12.3. The van der Waals surface area contributed by atoms with Gasteiger partial charge in [0.1, 0.15) is 5.75 Å². The van der Waals surface area contributed by atoms with E-state index in [1.54, 1.807) is 13.8 Å². The van der Waals surface area contributed by atoms with Crippen molar-refractivity contribution in [1.82, 2.24) is 4.90 Å². The van der Waals surface area contributed by atoms with E-state index in [4.69, 9.17) is 4.74 Å². The average Bonchev–Trinajstić information content (AvgIpc) is 2.42. The summed E-state index contributed by atoms with van der Waals surface area (Å²) < 4.78 is 33.3. The predicted molar refractivity (Wildman–Crippen MR) is 84.0 cm³/mol. The molecule has 1 aromatic rings. The van der Waals surface area contributed by atoms with Crippen LogP contribution >= 0.6 is 22.6 Å². The third-order valence-corrected chi connectivity index (χ3v) is 4.11. The van der Waals surface area contributed by atoms with Crippen LogP contribution in [0.15, 0.2) is 12.1 Å². The Balaban J connectivity index is 0.00000242. The number of hydrogen-bond donors (Lipinski definition) is 0. The Morgan fingerprint density at radius 2 is 1.95 bits per heavy atom.